The molecule has 2 amide bonds. The van der Waals surface area contributed by atoms with Crippen LogP contribution < -0.4 is 15.4 Å². The highest BCUT2D eigenvalue weighted by molar-refractivity contribution is 9.10. The van der Waals surface area contributed by atoms with Gasteiger partial charge in [0.05, 0.1) is 25.2 Å². The number of nitrogens with one attached hydrogen (secondary N) is 2. The van der Waals surface area contributed by atoms with Crippen LogP contribution in [0.5, 0.6) is 5.75 Å². The molecule has 0 spiro atoms. The zero-order valence-electron chi connectivity index (χ0n) is 20.1. The van der Waals surface area contributed by atoms with E-state index in [2.05, 4.69) is 26.6 Å². The van der Waals surface area contributed by atoms with Gasteiger partial charge in [0.1, 0.15) is 11.8 Å². The summed E-state index contributed by atoms with van der Waals surface area (Å²) in [4.78, 5) is 39.5. The Bertz CT molecular complexity index is 1080. The molecule has 1 heterocycles. The number of nitrogens with zero attached hydrogens (tertiary/aromatic N) is 1. The van der Waals surface area contributed by atoms with Crippen LogP contribution in [0.3, 0.4) is 0 Å². The molecule has 10 heteroatoms. The Morgan fingerprint density at radius 1 is 1.19 bits per heavy atom. The number of hydrogen-bond donors (Lipinski definition) is 2. The second kappa shape index (κ2) is 13.9. The predicted molar refractivity (Wildman–Crippen MR) is 144 cm³/mol. The average Bonchev–Trinajstić information content (AvgIpc) is 2.86. The lowest BCUT2D eigenvalue weighted by Gasteiger charge is -2.36. The standard InChI is InChI=1S/C26H30BrN3O5S/c1-2-3-14-35-23(31)17-21-25(33)28-12-13-30(21)26(36)29-24(32)20-16-19(27)9-10-22(20)34-15-11-18-7-5-4-6-8-18/h4-10,16,21H,2-3,11-15,17H2,1H3,(H,28,33)(H,29,32,36). The van der Waals surface area contributed by atoms with Crippen molar-refractivity contribution in [2.24, 2.45) is 0 Å². The van der Waals surface area contributed by atoms with Crippen molar-refractivity contribution in [3.63, 3.8) is 0 Å². The molecule has 2 aromatic carbocycles. The van der Waals surface area contributed by atoms with Crippen LogP contribution in [0.15, 0.2) is 53.0 Å². The number of thiocarbonyl (C=S) groups is 1. The van der Waals surface area contributed by atoms with E-state index >= 15 is 0 Å². The van der Waals surface area contributed by atoms with Crippen LogP contribution in [0.2, 0.25) is 0 Å². The van der Waals surface area contributed by atoms with E-state index in [4.69, 9.17) is 21.7 Å². The van der Waals surface area contributed by atoms with Crippen LogP contribution in [0.25, 0.3) is 0 Å². The zero-order valence-corrected chi connectivity index (χ0v) is 22.5. The highest BCUT2D eigenvalue weighted by Gasteiger charge is 2.34. The van der Waals surface area contributed by atoms with Crippen molar-refractivity contribution < 1.29 is 23.9 Å². The molecule has 2 N–H and O–H groups in total. The fraction of sp³-hybridized carbons (Fsp3) is 0.385. The molecule has 1 unspecified atom stereocenters. The van der Waals surface area contributed by atoms with Crippen molar-refractivity contribution >= 4 is 51.0 Å². The fourth-order valence-corrected chi connectivity index (χ4v) is 4.35. The SMILES string of the molecule is CCCCOC(=O)CC1C(=O)NCCN1C(=S)NC(=O)c1cc(Br)ccc1OCCc1ccccc1. The number of ether oxygens (including phenoxy) is 2. The highest BCUT2D eigenvalue weighted by Crippen LogP contribution is 2.24. The molecule has 1 fully saturated rings. The summed E-state index contributed by atoms with van der Waals surface area (Å²) in [6, 6.07) is 14.2. The maximum atomic E-state index is 13.2. The molecule has 0 saturated carbocycles. The van der Waals surface area contributed by atoms with Gasteiger partial charge >= 0.3 is 5.97 Å². The Hall–Kier alpha value is -2.98. The van der Waals surface area contributed by atoms with Gasteiger partial charge < -0.3 is 19.7 Å². The number of halogens is 1. The van der Waals surface area contributed by atoms with Gasteiger partial charge in [-0.3, -0.25) is 19.7 Å². The van der Waals surface area contributed by atoms with Gasteiger partial charge in [0.2, 0.25) is 5.91 Å². The van der Waals surface area contributed by atoms with E-state index in [9.17, 15) is 14.4 Å². The molecule has 0 radical (unpaired) electrons. The van der Waals surface area contributed by atoms with E-state index in [1.807, 2.05) is 37.3 Å². The minimum Gasteiger partial charge on any atom is -0.492 e. The lowest BCUT2D eigenvalue weighted by Crippen LogP contribution is -2.60. The van der Waals surface area contributed by atoms with Gasteiger partial charge in [0.25, 0.3) is 5.91 Å². The molecule has 1 saturated heterocycles. The molecule has 1 atom stereocenters. The maximum Gasteiger partial charge on any atom is 0.308 e. The van der Waals surface area contributed by atoms with E-state index in [-0.39, 0.29) is 17.4 Å². The molecule has 36 heavy (non-hydrogen) atoms. The largest absolute Gasteiger partial charge is 0.492 e. The van der Waals surface area contributed by atoms with E-state index in [1.54, 1.807) is 23.1 Å². The van der Waals surface area contributed by atoms with Gasteiger partial charge in [0, 0.05) is 24.0 Å². The van der Waals surface area contributed by atoms with Crippen LogP contribution in [0.4, 0.5) is 0 Å². The molecule has 8 nitrogen and oxygen atoms in total. The van der Waals surface area contributed by atoms with E-state index in [0.717, 1.165) is 18.4 Å². The van der Waals surface area contributed by atoms with E-state index in [0.29, 0.717) is 48.5 Å². The molecular formula is C26H30BrN3O5S. The van der Waals surface area contributed by atoms with Crippen molar-refractivity contribution in [3.8, 4) is 5.75 Å². The topological polar surface area (TPSA) is 97.0 Å². The summed E-state index contributed by atoms with van der Waals surface area (Å²) >= 11 is 8.88. The Balaban J connectivity index is 1.65. The average molecular weight is 577 g/mol. The first-order valence-corrected chi connectivity index (χ1v) is 13.1. The highest BCUT2D eigenvalue weighted by atomic mass is 79.9. The summed E-state index contributed by atoms with van der Waals surface area (Å²) in [6.45, 7) is 3.40. The third-order valence-electron chi connectivity index (χ3n) is 5.61. The van der Waals surface area contributed by atoms with Crippen molar-refractivity contribution in [2.45, 2.75) is 38.6 Å². The monoisotopic (exact) mass is 575 g/mol. The van der Waals surface area contributed by atoms with Crippen molar-refractivity contribution in [1.29, 1.82) is 0 Å². The first kappa shape index (κ1) is 27.6. The molecule has 2 aromatic rings. The number of rotatable bonds is 10. The maximum absolute atomic E-state index is 13.2. The molecule has 3 rings (SSSR count). The van der Waals surface area contributed by atoms with Crippen molar-refractivity contribution in [2.75, 3.05) is 26.3 Å². The van der Waals surface area contributed by atoms with Crippen LogP contribution in [-0.2, 0) is 20.7 Å². The minimum absolute atomic E-state index is 0.0661. The third-order valence-corrected chi connectivity index (χ3v) is 6.44. The predicted octanol–water partition coefficient (Wildman–Crippen LogP) is 3.62. The van der Waals surface area contributed by atoms with Gasteiger partial charge in [-0.25, -0.2) is 0 Å². The lowest BCUT2D eigenvalue weighted by molar-refractivity contribution is -0.147. The number of carbonyl (C=O) groups excluding carboxylic acids is 3. The second-order valence-corrected chi connectivity index (χ2v) is 9.56. The summed E-state index contributed by atoms with van der Waals surface area (Å²) in [5, 5.41) is 5.51. The van der Waals surface area contributed by atoms with Gasteiger partial charge in [-0.15, -0.1) is 0 Å². The number of carbonyl (C=O) groups is 3. The Morgan fingerprint density at radius 2 is 1.97 bits per heavy atom. The fourth-order valence-electron chi connectivity index (χ4n) is 3.67. The van der Waals surface area contributed by atoms with Crippen LogP contribution in [-0.4, -0.2) is 60.1 Å². The molecule has 192 valence electrons. The van der Waals surface area contributed by atoms with Crippen LogP contribution in [0, 0.1) is 0 Å². The van der Waals surface area contributed by atoms with Gasteiger partial charge in [0.15, 0.2) is 5.11 Å². The molecule has 1 aliphatic rings. The van der Waals surface area contributed by atoms with Gasteiger partial charge in [-0.1, -0.05) is 59.6 Å². The quantitative estimate of drug-likeness (QED) is 0.254. The second-order valence-electron chi connectivity index (χ2n) is 8.26. The third kappa shape index (κ3) is 8.03. The lowest BCUT2D eigenvalue weighted by atomic mass is 10.1. The van der Waals surface area contributed by atoms with Gasteiger partial charge in [-0.05, 0) is 42.4 Å². The van der Waals surface area contributed by atoms with E-state index < -0.39 is 17.9 Å². The first-order valence-electron chi connectivity index (χ1n) is 11.9. The van der Waals surface area contributed by atoms with Gasteiger partial charge in [-0.2, -0.15) is 0 Å². The number of hydrogen-bond acceptors (Lipinski definition) is 6. The summed E-state index contributed by atoms with van der Waals surface area (Å²) in [6.07, 6.45) is 2.18. The van der Waals surface area contributed by atoms with Crippen molar-refractivity contribution in [3.05, 3.63) is 64.1 Å². The molecular weight excluding hydrogens is 546 g/mol. The van der Waals surface area contributed by atoms with Crippen LogP contribution in [0.1, 0.15) is 42.1 Å². The van der Waals surface area contributed by atoms with Crippen molar-refractivity contribution in [1.82, 2.24) is 15.5 Å². The summed E-state index contributed by atoms with van der Waals surface area (Å²) in [5.74, 6) is -0.864. The van der Waals surface area contributed by atoms with E-state index in [1.165, 1.54) is 0 Å². The number of unbranched alkanes of at least 4 members (excludes halogenated alkanes) is 1. The summed E-state index contributed by atoms with van der Waals surface area (Å²) < 4.78 is 11.8. The minimum atomic E-state index is -0.857. The zero-order chi connectivity index (χ0) is 25.9. The Labute approximate surface area is 224 Å². The number of esters is 1. The molecule has 1 aliphatic heterocycles. The molecule has 0 bridgehead atoms. The summed E-state index contributed by atoms with van der Waals surface area (Å²) in [7, 11) is 0. The number of benzene rings is 2. The smallest absolute Gasteiger partial charge is 0.308 e. The Kier molecular flexibility index (Phi) is 10.7. The normalized spacial score (nSPS) is 15.1. The number of amides is 2. The van der Waals surface area contributed by atoms with Crippen LogP contribution >= 0.6 is 28.1 Å². The summed E-state index contributed by atoms with van der Waals surface area (Å²) in [5.41, 5.74) is 1.43. The Morgan fingerprint density at radius 3 is 2.72 bits per heavy atom. The molecule has 0 aromatic heterocycles. The first-order chi connectivity index (χ1) is 17.4. The molecule has 0 aliphatic carbocycles. The number of piperazine rings is 1.